The van der Waals surface area contributed by atoms with Crippen LogP contribution in [0.2, 0.25) is 0 Å². The summed E-state index contributed by atoms with van der Waals surface area (Å²) in [5, 5.41) is 16.1. The van der Waals surface area contributed by atoms with Crippen LogP contribution in [0.5, 0.6) is 0 Å². The molecule has 3 saturated heterocycles. The van der Waals surface area contributed by atoms with Gasteiger partial charge in [-0.2, -0.15) is 0 Å². The number of likely N-dealkylation sites (tertiary alicyclic amines) is 1. The summed E-state index contributed by atoms with van der Waals surface area (Å²) in [4.78, 5) is 42.0. The van der Waals surface area contributed by atoms with Gasteiger partial charge in [0.25, 0.3) is 0 Å². The number of hydrogen-bond donors (Lipinski definition) is 3. The Labute approximate surface area is 193 Å². The van der Waals surface area contributed by atoms with Crippen molar-refractivity contribution < 1.29 is 19.5 Å². The number of carbonyl (C=O) groups is 3. The highest BCUT2D eigenvalue weighted by molar-refractivity contribution is 8.02. The van der Waals surface area contributed by atoms with Crippen molar-refractivity contribution in [1.82, 2.24) is 15.5 Å². The van der Waals surface area contributed by atoms with Crippen molar-refractivity contribution in [2.24, 2.45) is 17.8 Å². The van der Waals surface area contributed by atoms with Crippen LogP contribution in [0.1, 0.15) is 32.8 Å². The highest BCUT2D eigenvalue weighted by atomic mass is 32.2. The molecule has 1 aromatic rings. The Bertz CT molecular complexity index is 894. The molecule has 0 saturated carbocycles. The molecular formula is C24H33N3O4S. The first-order valence-corrected chi connectivity index (χ1v) is 12.3. The molecule has 3 unspecified atom stereocenters. The maximum atomic E-state index is 14.0. The quantitative estimate of drug-likeness (QED) is 0.569. The maximum Gasteiger partial charge on any atom is 0.244 e. The normalized spacial score (nSPS) is 34.0. The molecule has 3 aliphatic heterocycles. The molecule has 7 nitrogen and oxygen atoms in total. The first kappa shape index (κ1) is 23.1. The van der Waals surface area contributed by atoms with Gasteiger partial charge in [0.05, 0.1) is 29.2 Å². The van der Waals surface area contributed by atoms with E-state index in [9.17, 15) is 19.5 Å². The summed E-state index contributed by atoms with van der Waals surface area (Å²) in [5.74, 6) is -1.42. The lowest BCUT2D eigenvalue weighted by molar-refractivity contribution is -0.142. The topological polar surface area (TPSA) is 98.7 Å². The predicted octanol–water partition coefficient (Wildman–Crippen LogP) is 1.20. The number of amides is 3. The molecule has 3 heterocycles. The van der Waals surface area contributed by atoms with Gasteiger partial charge >= 0.3 is 0 Å². The Morgan fingerprint density at radius 3 is 2.53 bits per heavy atom. The molecule has 32 heavy (non-hydrogen) atoms. The predicted molar refractivity (Wildman–Crippen MR) is 124 cm³/mol. The standard InChI is InChI=1S/C24H33N3O4S/c1-13(2)26-22(30)20-24-14(3)10-17(32-24)18(21(29)25-4)19(24)23(31)27(20)16(12-28)11-15-8-6-5-7-9-15/h5-9,13-14,16-20,28H,10-12H2,1-4H3,(H,25,29)(H,26,30)/t14?,16-,17-,18+,19+,20?,24?/m1/s1. The van der Waals surface area contributed by atoms with E-state index in [2.05, 4.69) is 17.6 Å². The second-order valence-corrected chi connectivity index (χ2v) is 11.2. The van der Waals surface area contributed by atoms with Crippen molar-refractivity contribution in [2.45, 2.75) is 61.7 Å². The summed E-state index contributed by atoms with van der Waals surface area (Å²) >= 11 is 1.65. The van der Waals surface area contributed by atoms with Gasteiger partial charge in [0.1, 0.15) is 6.04 Å². The number of aliphatic hydroxyl groups is 1. The number of thioether (sulfide) groups is 1. The molecule has 3 amide bonds. The molecule has 174 valence electrons. The molecule has 0 aromatic heterocycles. The maximum absolute atomic E-state index is 14.0. The third-order valence-electron chi connectivity index (χ3n) is 7.33. The third kappa shape index (κ3) is 3.43. The van der Waals surface area contributed by atoms with Crippen LogP contribution >= 0.6 is 11.8 Å². The second-order valence-electron chi connectivity index (χ2n) is 9.60. The molecule has 1 spiro atoms. The van der Waals surface area contributed by atoms with Crippen molar-refractivity contribution in [2.75, 3.05) is 13.7 Å². The van der Waals surface area contributed by atoms with Gasteiger partial charge < -0.3 is 20.6 Å². The molecule has 1 aromatic carbocycles. The van der Waals surface area contributed by atoms with Crippen LogP contribution in [0.25, 0.3) is 0 Å². The summed E-state index contributed by atoms with van der Waals surface area (Å²) < 4.78 is -0.665. The Morgan fingerprint density at radius 2 is 1.94 bits per heavy atom. The van der Waals surface area contributed by atoms with Crippen molar-refractivity contribution in [3.8, 4) is 0 Å². The van der Waals surface area contributed by atoms with Crippen LogP contribution < -0.4 is 10.6 Å². The number of rotatable bonds is 7. The first-order chi connectivity index (χ1) is 15.3. The minimum Gasteiger partial charge on any atom is -0.394 e. The van der Waals surface area contributed by atoms with Crippen LogP contribution in [-0.2, 0) is 20.8 Å². The van der Waals surface area contributed by atoms with Gasteiger partial charge in [-0.25, -0.2) is 0 Å². The summed E-state index contributed by atoms with van der Waals surface area (Å²) in [6, 6.07) is 8.35. The Morgan fingerprint density at radius 1 is 1.25 bits per heavy atom. The van der Waals surface area contributed by atoms with Gasteiger partial charge in [0, 0.05) is 18.3 Å². The molecule has 3 aliphatic rings. The number of hydrogen-bond acceptors (Lipinski definition) is 5. The van der Waals surface area contributed by atoms with Crippen LogP contribution in [-0.4, -0.2) is 69.5 Å². The molecule has 3 N–H and O–H groups in total. The average molecular weight is 460 g/mol. The summed E-state index contributed by atoms with van der Waals surface area (Å²) in [6.07, 6.45) is 1.25. The van der Waals surface area contributed by atoms with E-state index in [0.717, 1.165) is 12.0 Å². The smallest absolute Gasteiger partial charge is 0.244 e. The van der Waals surface area contributed by atoms with E-state index in [-0.39, 0.29) is 41.5 Å². The fraction of sp³-hybridized carbons (Fsp3) is 0.625. The van der Waals surface area contributed by atoms with Gasteiger partial charge in [-0.05, 0) is 38.2 Å². The average Bonchev–Trinajstić information content (AvgIpc) is 3.35. The van der Waals surface area contributed by atoms with E-state index >= 15 is 0 Å². The van der Waals surface area contributed by atoms with E-state index in [0.29, 0.717) is 6.42 Å². The van der Waals surface area contributed by atoms with E-state index in [1.807, 2.05) is 44.2 Å². The molecule has 0 radical (unpaired) electrons. The SMILES string of the molecule is CNC(=O)[C@@H]1[C@H]2C(=O)N([C@@H](CO)Cc3ccccc3)C(C(=O)NC(C)C)C23S[C@@H]1CC3C. The van der Waals surface area contributed by atoms with Gasteiger partial charge in [0.2, 0.25) is 17.7 Å². The fourth-order valence-corrected chi connectivity index (χ4v) is 8.53. The molecule has 4 rings (SSSR count). The zero-order chi connectivity index (χ0) is 23.2. The van der Waals surface area contributed by atoms with E-state index in [4.69, 9.17) is 0 Å². The van der Waals surface area contributed by atoms with Gasteiger partial charge in [-0.3, -0.25) is 14.4 Å². The summed E-state index contributed by atoms with van der Waals surface area (Å²) in [7, 11) is 1.60. The Balaban J connectivity index is 1.79. The van der Waals surface area contributed by atoms with Crippen molar-refractivity contribution in [1.29, 1.82) is 0 Å². The highest BCUT2D eigenvalue weighted by Crippen LogP contribution is 2.68. The number of aliphatic hydroxyl groups excluding tert-OH is 1. The minimum absolute atomic E-state index is 0.0251. The van der Waals surface area contributed by atoms with E-state index in [1.165, 1.54) is 0 Å². The lowest BCUT2D eigenvalue weighted by Gasteiger charge is -2.40. The van der Waals surface area contributed by atoms with Crippen LogP contribution in [0.3, 0.4) is 0 Å². The van der Waals surface area contributed by atoms with Gasteiger partial charge in [-0.1, -0.05) is 37.3 Å². The van der Waals surface area contributed by atoms with Crippen molar-refractivity contribution in [3.63, 3.8) is 0 Å². The summed E-state index contributed by atoms with van der Waals surface area (Å²) in [6.45, 7) is 5.65. The third-order valence-corrected chi connectivity index (χ3v) is 9.41. The largest absolute Gasteiger partial charge is 0.394 e. The fourth-order valence-electron chi connectivity index (χ4n) is 6.12. The lowest BCUT2D eigenvalue weighted by atomic mass is 9.66. The zero-order valence-electron chi connectivity index (χ0n) is 19.1. The molecule has 7 atom stereocenters. The molecule has 0 aliphatic carbocycles. The Kier molecular flexibility index (Phi) is 6.29. The molecule has 3 fully saturated rings. The molecule has 8 heteroatoms. The zero-order valence-corrected chi connectivity index (χ0v) is 19.9. The lowest BCUT2D eigenvalue weighted by Crippen LogP contribution is -2.59. The molecular weight excluding hydrogens is 426 g/mol. The van der Waals surface area contributed by atoms with Gasteiger partial charge in [0.15, 0.2) is 0 Å². The van der Waals surface area contributed by atoms with E-state index < -0.39 is 28.7 Å². The first-order valence-electron chi connectivity index (χ1n) is 11.4. The second kappa shape index (κ2) is 8.71. The Hall–Kier alpha value is -2.06. The number of benzene rings is 1. The summed E-state index contributed by atoms with van der Waals surface area (Å²) in [5.41, 5.74) is 0.991. The van der Waals surface area contributed by atoms with Crippen LogP contribution in [0, 0.1) is 17.8 Å². The number of nitrogens with zero attached hydrogens (tertiary/aromatic N) is 1. The van der Waals surface area contributed by atoms with Crippen LogP contribution in [0.15, 0.2) is 30.3 Å². The highest BCUT2D eigenvalue weighted by Gasteiger charge is 2.76. The number of carbonyl (C=O) groups excluding carboxylic acids is 3. The number of fused-ring (bicyclic) bond motifs is 1. The minimum atomic E-state index is -0.720. The molecule has 2 bridgehead atoms. The monoisotopic (exact) mass is 459 g/mol. The number of nitrogens with one attached hydrogen (secondary N) is 2. The van der Waals surface area contributed by atoms with Crippen LogP contribution in [0.4, 0.5) is 0 Å². The van der Waals surface area contributed by atoms with Gasteiger partial charge in [-0.15, -0.1) is 11.8 Å². The van der Waals surface area contributed by atoms with Crippen molar-refractivity contribution in [3.05, 3.63) is 35.9 Å². The van der Waals surface area contributed by atoms with E-state index in [1.54, 1.807) is 23.7 Å². The van der Waals surface area contributed by atoms with Crippen molar-refractivity contribution >= 4 is 29.5 Å².